The van der Waals surface area contributed by atoms with Crippen LogP contribution in [0.5, 0.6) is 0 Å². The first-order valence-corrected chi connectivity index (χ1v) is 6.03. The maximum Gasteiger partial charge on any atom is 0.121 e. The van der Waals surface area contributed by atoms with Crippen LogP contribution in [0.4, 0.5) is 0 Å². The van der Waals surface area contributed by atoms with Crippen LogP contribution in [0.1, 0.15) is 17.4 Å². The fourth-order valence-corrected chi connectivity index (χ4v) is 2.07. The maximum absolute atomic E-state index is 10.4. The minimum Gasteiger partial charge on any atom is -0.382 e. The number of nitrogens with one attached hydrogen (secondary N) is 1. The minimum atomic E-state index is -0.716. The Bertz CT molecular complexity index is 649. The third-order valence-corrected chi connectivity index (χ3v) is 3.05. The van der Waals surface area contributed by atoms with Crippen molar-refractivity contribution in [2.24, 2.45) is 0 Å². The van der Waals surface area contributed by atoms with Crippen molar-refractivity contribution in [3.8, 4) is 11.1 Å². The standard InChI is InChI=1S/C15H13N3O/c19-15(12-4-2-1-3-5-12)14-13(10-17-18-14)11-6-8-16-9-7-11/h1-10,15,19H,(H,17,18). The van der Waals surface area contributed by atoms with Crippen LogP contribution in [0.25, 0.3) is 11.1 Å². The van der Waals surface area contributed by atoms with E-state index in [4.69, 9.17) is 0 Å². The number of nitrogens with zero attached hydrogens (tertiary/aromatic N) is 2. The summed E-state index contributed by atoms with van der Waals surface area (Å²) in [6.45, 7) is 0. The van der Waals surface area contributed by atoms with E-state index in [0.29, 0.717) is 5.69 Å². The number of aromatic nitrogens is 3. The van der Waals surface area contributed by atoms with Gasteiger partial charge in [-0.1, -0.05) is 30.3 Å². The molecule has 3 aromatic rings. The highest BCUT2D eigenvalue weighted by atomic mass is 16.3. The van der Waals surface area contributed by atoms with Gasteiger partial charge in [-0.3, -0.25) is 10.1 Å². The van der Waals surface area contributed by atoms with Crippen molar-refractivity contribution in [2.75, 3.05) is 0 Å². The quantitative estimate of drug-likeness (QED) is 0.752. The van der Waals surface area contributed by atoms with Gasteiger partial charge in [-0.2, -0.15) is 5.10 Å². The highest BCUT2D eigenvalue weighted by Gasteiger charge is 2.17. The fourth-order valence-electron chi connectivity index (χ4n) is 2.07. The molecular weight excluding hydrogens is 238 g/mol. The molecule has 4 heteroatoms. The Hall–Kier alpha value is -2.46. The molecule has 0 aliphatic rings. The molecular formula is C15H13N3O. The van der Waals surface area contributed by atoms with E-state index in [0.717, 1.165) is 16.7 Å². The number of hydrogen-bond acceptors (Lipinski definition) is 3. The predicted octanol–water partition coefficient (Wildman–Crippen LogP) is 2.55. The molecule has 1 atom stereocenters. The molecule has 0 aliphatic heterocycles. The van der Waals surface area contributed by atoms with Crippen LogP contribution in [0.2, 0.25) is 0 Å². The maximum atomic E-state index is 10.4. The zero-order valence-corrected chi connectivity index (χ0v) is 10.2. The first kappa shape index (κ1) is 11.6. The monoisotopic (exact) mass is 251 g/mol. The van der Waals surface area contributed by atoms with E-state index in [1.54, 1.807) is 18.6 Å². The number of hydrogen-bond donors (Lipinski definition) is 2. The lowest BCUT2D eigenvalue weighted by atomic mass is 10.0. The van der Waals surface area contributed by atoms with Gasteiger partial charge >= 0.3 is 0 Å². The second-order valence-corrected chi connectivity index (χ2v) is 4.25. The molecule has 2 N–H and O–H groups in total. The zero-order chi connectivity index (χ0) is 13.1. The molecule has 0 fully saturated rings. The Kier molecular flexibility index (Phi) is 3.08. The fraction of sp³-hybridized carbons (Fsp3) is 0.0667. The van der Waals surface area contributed by atoms with Gasteiger partial charge in [0.2, 0.25) is 0 Å². The molecule has 19 heavy (non-hydrogen) atoms. The normalized spacial score (nSPS) is 12.3. The van der Waals surface area contributed by atoms with Gasteiger partial charge in [0.15, 0.2) is 0 Å². The van der Waals surface area contributed by atoms with Crippen LogP contribution in [0.3, 0.4) is 0 Å². The van der Waals surface area contributed by atoms with E-state index in [1.165, 1.54) is 0 Å². The predicted molar refractivity (Wildman–Crippen MR) is 72.3 cm³/mol. The van der Waals surface area contributed by atoms with Gasteiger partial charge in [0.25, 0.3) is 0 Å². The van der Waals surface area contributed by atoms with Crippen molar-refractivity contribution in [3.63, 3.8) is 0 Å². The molecule has 3 rings (SSSR count). The molecule has 2 heterocycles. The number of rotatable bonds is 3. The van der Waals surface area contributed by atoms with Crippen LogP contribution in [-0.2, 0) is 0 Å². The van der Waals surface area contributed by atoms with Gasteiger partial charge in [0.1, 0.15) is 6.10 Å². The Labute approximate surface area is 110 Å². The third-order valence-electron chi connectivity index (χ3n) is 3.05. The SMILES string of the molecule is OC(c1ccccc1)c1[nH]ncc1-c1ccncc1. The molecule has 0 amide bonds. The molecule has 0 saturated carbocycles. The van der Waals surface area contributed by atoms with Gasteiger partial charge in [0.05, 0.1) is 11.9 Å². The lowest BCUT2D eigenvalue weighted by molar-refractivity contribution is 0.216. The summed E-state index contributed by atoms with van der Waals surface area (Å²) in [5.74, 6) is 0. The van der Waals surface area contributed by atoms with Crippen LogP contribution >= 0.6 is 0 Å². The second kappa shape index (κ2) is 5.04. The molecule has 4 nitrogen and oxygen atoms in total. The average Bonchev–Trinajstić information content (AvgIpc) is 2.98. The molecule has 0 bridgehead atoms. The number of aliphatic hydroxyl groups is 1. The van der Waals surface area contributed by atoms with Crippen molar-refractivity contribution in [2.45, 2.75) is 6.10 Å². The summed E-state index contributed by atoms with van der Waals surface area (Å²) in [6.07, 6.45) is 4.45. The smallest absolute Gasteiger partial charge is 0.121 e. The van der Waals surface area contributed by atoms with Crippen molar-refractivity contribution in [1.82, 2.24) is 15.2 Å². The molecule has 1 unspecified atom stereocenters. The van der Waals surface area contributed by atoms with Crippen molar-refractivity contribution in [3.05, 3.63) is 72.3 Å². The van der Waals surface area contributed by atoms with Gasteiger partial charge in [-0.05, 0) is 23.3 Å². The lowest BCUT2D eigenvalue weighted by Gasteiger charge is -2.11. The van der Waals surface area contributed by atoms with Crippen molar-refractivity contribution in [1.29, 1.82) is 0 Å². The van der Waals surface area contributed by atoms with Crippen molar-refractivity contribution < 1.29 is 5.11 Å². The highest BCUT2D eigenvalue weighted by molar-refractivity contribution is 5.65. The van der Waals surface area contributed by atoms with Gasteiger partial charge in [0, 0.05) is 18.0 Å². The Morgan fingerprint density at radius 1 is 1.00 bits per heavy atom. The Balaban J connectivity index is 2.01. The van der Waals surface area contributed by atoms with Crippen molar-refractivity contribution >= 4 is 0 Å². The van der Waals surface area contributed by atoms with E-state index in [-0.39, 0.29) is 0 Å². The molecule has 1 aromatic carbocycles. The summed E-state index contributed by atoms with van der Waals surface area (Å²) in [6, 6.07) is 13.3. The van der Waals surface area contributed by atoms with Gasteiger partial charge < -0.3 is 5.11 Å². The van der Waals surface area contributed by atoms with E-state index >= 15 is 0 Å². The molecule has 0 radical (unpaired) electrons. The summed E-state index contributed by atoms with van der Waals surface area (Å²) in [5, 5.41) is 17.4. The molecule has 2 aromatic heterocycles. The highest BCUT2D eigenvalue weighted by Crippen LogP contribution is 2.29. The summed E-state index contributed by atoms with van der Waals surface area (Å²) in [7, 11) is 0. The number of pyridine rings is 1. The lowest BCUT2D eigenvalue weighted by Crippen LogP contribution is -2.01. The molecule has 0 spiro atoms. The number of benzene rings is 1. The van der Waals surface area contributed by atoms with E-state index in [2.05, 4.69) is 15.2 Å². The molecule has 0 aliphatic carbocycles. The Morgan fingerprint density at radius 3 is 2.47 bits per heavy atom. The van der Waals surface area contributed by atoms with Gasteiger partial charge in [-0.15, -0.1) is 0 Å². The summed E-state index contributed by atoms with van der Waals surface area (Å²) >= 11 is 0. The third kappa shape index (κ3) is 2.26. The molecule has 0 saturated heterocycles. The molecule has 94 valence electrons. The van der Waals surface area contributed by atoms with E-state index in [9.17, 15) is 5.11 Å². The first-order valence-electron chi connectivity index (χ1n) is 6.03. The largest absolute Gasteiger partial charge is 0.382 e. The van der Waals surface area contributed by atoms with Crippen LogP contribution in [-0.4, -0.2) is 20.3 Å². The first-order chi connectivity index (χ1) is 9.36. The second-order valence-electron chi connectivity index (χ2n) is 4.25. The van der Waals surface area contributed by atoms with Gasteiger partial charge in [-0.25, -0.2) is 0 Å². The summed E-state index contributed by atoms with van der Waals surface area (Å²) in [4.78, 5) is 3.99. The van der Waals surface area contributed by atoms with E-state index in [1.807, 2.05) is 42.5 Å². The topological polar surface area (TPSA) is 61.8 Å². The van der Waals surface area contributed by atoms with Crippen LogP contribution < -0.4 is 0 Å². The van der Waals surface area contributed by atoms with Crippen LogP contribution in [0, 0.1) is 0 Å². The van der Waals surface area contributed by atoms with E-state index < -0.39 is 6.10 Å². The zero-order valence-electron chi connectivity index (χ0n) is 10.2. The summed E-state index contributed by atoms with van der Waals surface area (Å²) < 4.78 is 0. The number of aromatic amines is 1. The number of aliphatic hydroxyl groups excluding tert-OH is 1. The number of H-pyrrole nitrogens is 1. The summed E-state index contributed by atoms with van der Waals surface area (Å²) in [5.41, 5.74) is 3.40. The average molecular weight is 251 g/mol. The minimum absolute atomic E-state index is 0.692. The Morgan fingerprint density at radius 2 is 1.74 bits per heavy atom. The van der Waals surface area contributed by atoms with Crippen LogP contribution in [0.15, 0.2) is 61.1 Å².